The van der Waals surface area contributed by atoms with E-state index in [-0.39, 0.29) is 0 Å². The Bertz CT molecular complexity index is 728. The third-order valence-electron chi connectivity index (χ3n) is 4.99. The minimum absolute atomic E-state index is 0.600. The Hall–Kier alpha value is -2.34. The van der Waals surface area contributed by atoms with Crippen LogP contribution < -0.4 is 5.32 Å². The van der Waals surface area contributed by atoms with Crippen molar-refractivity contribution >= 4 is 5.96 Å². The van der Waals surface area contributed by atoms with Crippen molar-refractivity contribution in [1.82, 2.24) is 24.7 Å². The van der Waals surface area contributed by atoms with Crippen LogP contribution in [0.4, 0.5) is 0 Å². The first-order valence-corrected chi connectivity index (χ1v) is 10.4. The zero-order valence-corrected chi connectivity index (χ0v) is 17.5. The number of nitrogens with one attached hydrogen (secondary N) is 1. The third-order valence-corrected chi connectivity index (χ3v) is 4.99. The van der Waals surface area contributed by atoms with Crippen molar-refractivity contribution in [3.8, 4) is 0 Å². The van der Waals surface area contributed by atoms with Crippen LogP contribution in [0.25, 0.3) is 0 Å². The highest BCUT2D eigenvalue weighted by molar-refractivity contribution is 5.80. The molecule has 6 heteroatoms. The number of hydrogen-bond acceptors (Lipinski definition) is 3. The van der Waals surface area contributed by atoms with Crippen LogP contribution >= 0.6 is 0 Å². The summed E-state index contributed by atoms with van der Waals surface area (Å²) in [5.74, 6) is 2.63. The molecule has 0 saturated carbocycles. The number of aromatic nitrogens is 2. The Balaban J connectivity index is 1.57. The number of benzene rings is 1. The van der Waals surface area contributed by atoms with Gasteiger partial charge in [-0.3, -0.25) is 4.90 Å². The van der Waals surface area contributed by atoms with Gasteiger partial charge in [0, 0.05) is 58.2 Å². The Morgan fingerprint density at radius 1 is 1.14 bits per heavy atom. The molecular weight excluding hydrogens is 348 g/mol. The van der Waals surface area contributed by atoms with Gasteiger partial charge in [0.05, 0.1) is 0 Å². The van der Waals surface area contributed by atoms with Crippen molar-refractivity contribution in [1.29, 1.82) is 0 Å². The summed E-state index contributed by atoms with van der Waals surface area (Å²) in [5, 5.41) is 3.46. The molecular formula is C22H34N6. The summed E-state index contributed by atoms with van der Waals surface area (Å²) in [5.41, 5.74) is 1.38. The molecule has 1 aromatic heterocycles. The number of imidazole rings is 1. The van der Waals surface area contributed by atoms with E-state index in [1.807, 2.05) is 6.20 Å². The van der Waals surface area contributed by atoms with Crippen LogP contribution in [0, 0.1) is 5.92 Å². The van der Waals surface area contributed by atoms with Crippen LogP contribution in [0.2, 0.25) is 0 Å². The largest absolute Gasteiger partial charge is 0.357 e. The summed E-state index contributed by atoms with van der Waals surface area (Å²) < 4.78 is 2.22. The highest BCUT2D eigenvalue weighted by Gasteiger charge is 2.19. The molecule has 152 valence electrons. The maximum absolute atomic E-state index is 4.89. The molecule has 1 N–H and O–H groups in total. The fourth-order valence-electron chi connectivity index (χ4n) is 3.58. The van der Waals surface area contributed by atoms with E-state index in [0.29, 0.717) is 12.5 Å². The van der Waals surface area contributed by atoms with Gasteiger partial charge in [0.2, 0.25) is 0 Å². The Kier molecular flexibility index (Phi) is 7.48. The molecule has 1 fully saturated rings. The van der Waals surface area contributed by atoms with E-state index < -0.39 is 0 Å². The van der Waals surface area contributed by atoms with Crippen LogP contribution in [0.5, 0.6) is 0 Å². The maximum atomic E-state index is 4.89. The van der Waals surface area contributed by atoms with E-state index in [0.717, 1.165) is 57.6 Å². The summed E-state index contributed by atoms with van der Waals surface area (Å²) in [6.07, 6.45) is 3.93. The SMILES string of the molecule is CCNC(=NCc1nccn1CC(C)C)N1CCN(Cc2ccccc2)CC1. The van der Waals surface area contributed by atoms with Gasteiger partial charge in [0.25, 0.3) is 0 Å². The van der Waals surface area contributed by atoms with E-state index >= 15 is 0 Å². The van der Waals surface area contributed by atoms with Crippen molar-refractivity contribution in [3.05, 3.63) is 54.1 Å². The molecule has 0 atom stereocenters. The maximum Gasteiger partial charge on any atom is 0.194 e. The number of aliphatic imine (C=N–C) groups is 1. The fourth-order valence-corrected chi connectivity index (χ4v) is 3.58. The predicted molar refractivity (Wildman–Crippen MR) is 115 cm³/mol. The molecule has 0 spiro atoms. The van der Waals surface area contributed by atoms with Crippen molar-refractivity contribution in [2.24, 2.45) is 10.9 Å². The van der Waals surface area contributed by atoms with Crippen LogP contribution in [-0.2, 0) is 19.6 Å². The Morgan fingerprint density at radius 2 is 1.89 bits per heavy atom. The zero-order chi connectivity index (χ0) is 19.8. The normalized spacial score (nSPS) is 16.0. The van der Waals surface area contributed by atoms with Gasteiger partial charge >= 0.3 is 0 Å². The molecule has 2 aromatic rings. The molecule has 0 aliphatic carbocycles. The third kappa shape index (κ3) is 5.83. The van der Waals surface area contributed by atoms with Crippen molar-refractivity contribution in [2.45, 2.75) is 40.4 Å². The molecule has 1 aromatic carbocycles. The molecule has 2 heterocycles. The first-order valence-electron chi connectivity index (χ1n) is 10.4. The summed E-state index contributed by atoms with van der Waals surface area (Å²) in [6.45, 7) is 14.2. The first-order chi connectivity index (χ1) is 13.7. The van der Waals surface area contributed by atoms with Gasteiger partial charge in [0.15, 0.2) is 5.96 Å². The molecule has 1 aliphatic heterocycles. The van der Waals surface area contributed by atoms with Crippen molar-refractivity contribution in [3.63, 3.8) is 0 Å². The lowest BCUT2D eigenvalue weighted by Crippen LogP contribution is -2.52. The molecule has 0 amide bonds. The molecule has 0 radical (unpaired) electrons. The van der Waals surface area contributed by atoms with Gasteiger partial charge in [-0.05, 0) is 18.4 Å². The van der Waals surface area contributed by atoms with Gasteiger partial charge in [-0.1, -0.05) is 44.2 Å². The monoisotopic (exact) mass is 382 g/mol. The van der Waals surface area contributed by atoms with Gasteiger partial charge < -0.3 is 14.8 Å². The molecule has 6 nitrogen and oxygen atoms in total. The van der Waals surface area contributed by atoms with E-state index in [1.165, 1.54) is 5.56 Å². The first kappa shape index (κ1) is 20.4. The summed E-state index contributed by atoms with van der Waals surface area (Å²) in [6, 6.07) is 10.7. The predicted octanol–water partition coefficient (Wildman–Crippen LogP) is 2.82. The second kappa shape index (κ2) is 10.3. The summed E-state index contributed by atoms with van der Waals surface area (Å²) in [4.78, 5) is 14.3. The van der Waals surface area contributed by atoms with Crippen LogP contribution in [0.15, 0.2) is 47.7 Å². The van der Waals surface area contributed by atoms with Crippen molar-refractivity contribution in [2.75, 3.05) is 32.7 Å². The van der Waals surface area contributed by atoms with E-state index in [9.17, 15) is 0 Å². The van der Waals surface area contributed by atoms with Gasteiger partial charge in [-0.25, -0.2) is 9.98 Å². The minimum atomic E-state index is 0.600. The van der Waals surface area contributed by atoms with E-state index in [1.54, 1.807) is 0 Å². The van der Waals surface area contributed by atoms with Gasteiger partial charge in [-0.15, -0.1) is 0 Å². The number of piperazine rings is 1. The average molecular weight is 383 g/mol. The van der Waals surface area contributed by atoms with Crippen LogP contribution in [0.1, 0.15) is 32.2 Å². The lowest BCUT2D eigenvalue weighted by atomic mass is 10.2. The average Bonchev–Trinajstić information content (AvgIpc) is 3.13. The van der Waals surface area contributed by atoms with Gasteiger partial charge in [0.1, 0.15) is 12.4 Å². The summed E-state index contributed by atoms with van der Waals surface area (Å²) in [7, 11) is 0. The molecule has 1 saturated heterocycles. The Morgan fingerprint density at radius 3 is 2.57 bits per heavy atom. The molecule has 28 heavy (non-hydrogen) atoms. The highest BCUT2D eigenvalue weighted by Crippen LogP contribution is 2.10. The van der Waals surface area contributed by atoms with Crippen LogP contribution in [0.3, 0.4) is 0 Å². The van der Waals surface area contributed by atoms with Crippen molar-refractivity contribution < 1.29 is 0 Å². The quantitative estimate of drug-likeness (QED) is 0.591. The van der Waals surface area contributed by atoms with Gasteiger partial charge in [-0.2, -0.15) is 0 Å². The minimum Gasteiger partial charge on any atom is -0.357 e. The second-order valence-corrected chi connectivity index (χ2v) is 7.81. The molecule has 0 bridgehead atoms. The number of hydrogen-bond donors (Lipinski definition) is 1. The number of guanidine groups is 1. The number of nitrogens with zero attached hydrogens (tertiary/aromatic N) is 5. The molecule has 3 rings (SSSR count). The molecule has 0 unspecified atom stereocenters. The number of rotatable bonds is 7. The highest BCUT2D eigenvalue weighted by atomic mass is 15.3. The fraction of sp³-hybridized carbons (Fsp3) is 0.545. The smallest absolute Gasteiger partial charge is 0.194 e. The van der Waals surface area contributed by atoms with E-state index in [4.69, 9.17) is 4.99 Å². The second-order valence-electron chi connectivity index (χ2n) is 7.81. The van der Waals surface area contributed by atoms with Crippen LogP contribution in [-0.4, -0.2) is 58.0 Å². The Labute approximate surface area is 169 Å². The lowest BCUT2D eigenvalue weighted by Gasteiger charge is -2.36. The topological polar surface area (TPSA) is 48.7 Å². The van der Waals surface area contributed by atoms with E-state index in [2.05, 4.69) is 82.0 Å². The molecule has 1 aliphatic rings. The zero-order valence-electron chi connectivity index (χ0n) is 17.5. The summed E-state index contributed by atoms with van der Waals surface area (Å²) >= 11 is 0. The lowest BCUT2D eigenvalue weighted by molar-refractivity contribution is 0.172. The standard InChI is InChI=1S/C22H34N6/c1-4-23-22(25-16-21-24-10-11-28(21)17-19(2)3)27-14-12-26(13-15-27)18-20-8-6-5-7-9-20/h5-11,19H,4,12-18H2,1-3H3,(H,23,25).